The number of aliphatic hydroxyl groups excluding tert-OH is 1. The van der Waals surface area contributed by atoms with Gasteiger partial charge in [0, 0.05) is 19.1 Å². The Bertz CT molecular complexity index is 805. The largest absolute Gasteiger partial charge is 0.497 e. The minimum atomic E-state index is -0.510. The smallest absolute Gasteiger partial charge is 0.118 e. The molecular weight excluding hydrogens is 388 g/mol. The van der Waals surface area contributed by atoms with E-state index in [4.69, 9.17) is 9.47 Å². The molecule has 168 valence electrons. The summed E-state index contributed by atoms with van der Waals surface area (Å²) in [5, 5.41) is 14.0. The second kappa shape index (κ2) is 11.1. The standard InChI is InChI=1S/C26H36N2O3/c1-30-23-13-11-21(12-14-23)25(28-15-4-5-16-28)18-27-17-22(29)19-31-26-10-6-8-20-7-2-3-9-24(20)26/h2-3,7,9,11-14,22,25-27,29H,4-6,8,10,15-19H2,1H3/t22-,25-,26-/m0/s1. The van der Waals surface area contributed by atoms with E-state index in [1.165, 1.54) is 29.5 Å². The van der Waals surface area contributed by atoms with E-state index in [1.807, 2.05) is 12.1 Å². The van der Waals surface area contributed by atoms with Gasteiger partial charge in [0.2, 0.25) is 0 Å². The van der Waals surface area contributed by atoms with E-state index in [9.17, 15) is 5.11 Å². The summed E-state index contributed by atoms with van der Waals surface area (Å²) in [6, 6.07) is 17.2. The molecule has 4 rings (SSSR count). The molecule has 1 heterocycles. The molecule has 2 aromatic carbocycles. The minimum absolute atomic E-state index is 0.108. The van der Waals surface area contributed by atoms with Crippen molar-refractivity contribution in [3.8, 4) is 5.75 Å². The number of rotatable bonds is 10. The third-order valence-electron chi connectivity index (χ3n) is 6.60. The molecule has 2 aliphatic rings. The van der Waals surface area contributed by atoms with Gasteiger partial charge in [0.25, 0.3) is 0 Å². The lowest BCUT2D eigenvalue weighted by Gasteiger charge is -2.29. The number of nitrogens with one attached hydrogen (secondary N) is 1. The predicted molar refractivity (Wildman–Crippen MR) is 123 cm³/mol. The van der Waals surface area contributed by atoms with Crippen molar-refractivity contribution in [3.63, 3.8) is 0 Å². The van der Waals surface area contributed by atoms with Gasteiger partial charge in [-0.15, -0.1) is 0 Å². The highest BCUT2D eigenvalue weighted by atomic mass is 16.5. The second-order valence-corrected chi connectivity index (χ2v) is 8.76. The number of fused-ring (bicyclic) bond motifs is 1. The lowest BCUT2D eigenvalue weighted by Crippen LogP contribution is -2.38. The van der Waals surface area contributed by atoms with Crippen LogP contribution in [-0.2, 0) is 11.2 Å². The van der Waals surface area contributed by atoms with Gasteiger partial charge in [-0.1, -0.05) is 36.4 Å². The van der Waals surface area contributed by atoms with Crippen LogP contribution in [0.2, 0.25) is 0 Å². The van der Waals surface area contributed by atoms with Crippen LogP contribution in [0.4, 0.5) is 0 Å². The molecule has 0 amide bonds. The molecule has 1 aliphatic heterocycles. The molecule has 1 fully saturated rings. The van der Waals surface area contributed by atoms with E-state index in [1.54, 1.807) is 7.11 Å². The Labute approximate surface area is 186 Å². The number of methoxy groups -OCH3 is 1. The maximum atomic E-state index is 10.5. The Kier molecular flexibility index (Phi) is 7.97. The Morgan fingerprint density at radius 2 is 1.81 bits per heavy atom. The Balaban J connectivity index is 1.27. The van der Waals surface area contributed by atoms with Crippen molar-refractivity contribution in [2.45, 2.75) is 50.4 Å². The van der Waals surface area contributed by atoms with Crippen molar-refractivity contribution < 1.29 is 14.6 Å². The first-order valence-corrected chi connectivity index (χ1v) is 11.7. The molecule has 3 atom stereocenters. The first-order valence-electron chi connectivity index (χ1n) is 11.7. The van der Waals surface area contributed by atoms with Crippen LogP contribution in [0.1, 0.15) is 54.5 Å². The molecule has 0 unspecified atom stereocenters. The van der Waals surface area contributed by atoms with Crippen LogP contribution in [0.5, 0.6) is 5.75 Å². The average Bonchev–Trinajstić information content (AvgIpc) is 3.35. The fraction of sp³-hybridized carbons (Fsp3) is 0.538. The van der Waals surface area contributed by atoms with Crippen molar-refractivity contribution in [2.24, 2.45) is 0 Å². The minimum Gasteiger partial charge on any atom is -0.497 e. The number of aliphatic hydroxyl groups is 1. The molecule has 1 saturated heterocycles. The Hall–Kier alpha value is -1.92. The van der Waals surface area contributed by atoms with Gasteiger partial charge in [-0.3, -0.25) is 4.90 Å². The molecular formula is C26H36N2O3. The Morgan fingerprint density at radius 3 is 2.58 bits per heavy atom. The maximum absolute atomic E-state index is 10.5. The molecule has 0 bridgehead atoms. The monoisotopic (exact) mass is 424 g/mol. The topological polar surface area (TPSA) is 54.0 Å². The van der Waals surface area contributed by atoms with Crippen molar-refractivity contribution in [1.82, 2.24) is 10.2 Å². The zero-order chi connectivity index (χ0) is 21.5. The van der Waals surface area contributed by atoms with Crippen molar-refractivity contribution in [2.75, 3.05) is 39.9 Å². The molecule has 5 nitrogen and oxygen atoms in total. The first kappa shape index (κ1) is 22.3. The summed E-state index contributed by atoms with van der Waals surface area (Å²) in [6.07, 6.45) is 5.42. The van der Waals surface area contributed by atoms with Crippen LogP contribution in [-0.4, -0.2) is 56.0 Å². The fourth-order valence-corrected chi connectivity index (χ4v) is 4.89. The molecule has 2 N–H and O–H groups in total. The number of hydrogen-bond acceptors (Lipinski definition) is 5. The number of benzene rings is 2. The molecule has 31 heavy (non-hydrogen) atoms. The second-order valence-electron chi connectivity index (χ2n) is 8.76. The van der Waals surface area contributed by atoms with E-state index in [0.717, 1.165) is 44.6 Å². The van der Waals surface area contributed by atoms with E-state index in [2.05, 4.69) is 46.6 Å². The van der Waals surface area contributed by atoms with E-state index >= 15 is 0 Å². The summed E-state index contributed by atoms with van der Waals surface area (Å²) in [7, 11) is 1.70. The van der Waals surface area contributed by atoms with Gasteiger partial charge in [0.1, 0.15) is 5.75 Å². The lowest BCUT2D eigenvalue weighted by molar-refractivity contribution is -0.0170. The fourth-order valence-electron chi connectivity index (χ4n) is 4.89. The first-order chi connectivity index (χ1) is 15.2. The highest BCUT2D eigenvalue weighted by Crippen LogP contribution is 2.32. The van der Waals surface area contributed by atoms with E-state index in [-0.39, 0.29) is 6.10 Å². The third-order valence-corrected chi connectivity index (χ3v) is 6.60. The average molecular weight is 425 g/mol. The zero-order valence-corrected chi connectivity index (χ0v) is 18.6. The Morgan fingerprint density at radius 1 is 1.03 bits per heavy atom. The summed E-state index contributed by atoms with van der Waals surface area (Å²) in [5.41, 5.74) is 3.97. The predicted octanol–water partition coefficient (Wildman–Crippen LogP) is 3.88. The van der Waals surface area contributed by atoms with Gasteiger partial charge in [-0.05, 0) is 74.0 Å². The number of likely N-dealkylation sites (tertiary alicyclic amines) is 1. The highest BCUT2D eigenvalue weighted by molar-refractivity contribution is 5.31. The van der Waals surface area contributed by atoms with Gasteiger partial charge in [0.05, 0.1) is 25.9 Å². The van der Waals surface area contributed by atoms with Gasteiger partial charge >= 0.3 is 0 Å². The summed E-state index contributed by atoms with van der Waals surface area (Å²) in [4.78, 5) is 2.54. The number of ether oxygens (including phenoxy) is 2. The van der Waals surface area contributed by atoms with Gasteiger partial charge in [-0.2, -0.15) is 0 Å². The third kappa shape index (κ3) is 5.86. The van der Waals surface area contributed by atoms with Gasteiger partial charge in [0.15, 0.2) is 0 Å². The zero-order valence-electron chi connectivity index (χ0n) is 18.6. The normalized spacial score (nSPS) is 20.9. The highest BCUT2D eigenvalue weighted by Gasteiger charge is 2.24. The van der Waals surface area contributed by atoms with E-state index < -0.39 is 6.10 Å². The van der Waals surface area contributed by atoms with Crippen LogP contribution in [0.15, 0.2) is 48.5 Å². The molecule has 0 radical (unpaired) electrons. The van der Waals surface area contributed by atoms with Crippen LogP contribution in [0.25, 0.3) is 0 Å². The van der Waals surface area contributed by atoms with Crippen LogP contribution in [0.3, 0.4) is 0 Å². The summed E-state index contributed by atoms with van der Waals surface area (Å²) < 4.78 is 11.4. The number of hydrogen-bond donors (Lipinski definition) is 2. The summed E-state index contributed by atoms with van der Waals surface area (Å²) in [5.74, 6) is 0.883. The maximum Gasteiger partial charge on any atom is 0.118 e. The van der Waals surface area contributed by atoms with Crippen molar-refractivity contribution in [3.05, 3.63) is 65.2 Å². The lowest BCUT2D eigenvalue weighted by atomic mass is 9.89. The molecule has 2 aromatic rings. The summed E-state index contributed by atoms with van der Waals surface area (Å²) in [6.45, 7) is 3.98. The quantitative estimate of drug-likeness (QED) is 0.606. The van der Waals surface area contributed by atoms with Gasteiger partial charge in [-0.25, -0.2) is 0 Å². The molecule has 0 aromatic heterocycles. The van der Waals surface area contributed by atoms with Crippen LogP contribution >= 0.6 is 0 Å². The van der Waals surface area contributed by atoms with Crippen LogP contribution < -0.4 is 10.1 Å². The van der Waals surface area contributed by atoms with Crippen molar-refractivity contribution in [1.29, 1.82) is 0 Å². The molecule has 5 heteroatoms. The number of aryl methyl sites for hydroxylation is 1. The SMILES string of the molecule is COc1ccc([C@H](CNC[C@H](O)CO[C@H]2CCCc3ccccc32)N2CCCC2)cc1. The molecule has 0 saturated carbocycles. The van der Waals surface area contributed by atoms with Crippen LogP contribution in [0, 0.1) is 0 Å². The van der Waals surface area contributed by atoms with E-state index in [0.29, 0.717) is 19.2 Å². The summed E-state index contributed by atoms with van der Waals surface area (Å²) >= 11 is 0. The van der Waals surface area contributed by atoms with Gasteiger partial charge < -0.3 is 19.9 Å². The molecule has 1 aliphatic carbocycles. The molecule has 0 spiro atoms. The van der Waals surface area contributed by atoms with Crippen molar-refractivity contribution >= 4 is 0 Å². The number of nitrogens with zero attached hydrogens (tertiary/aromatic N) is 1.